The average molecular weight is 249 g/mol. The normalized spacial score (nSPS) is 18.9. The first-order chi connectivity index (χ1) is 8.74. The second-order valence-corrected chi connectivity index (χ2v) is 5.66. The van der Waals surface area contributed by atoms with E-state index in [1.54, 1.807) is 0 Å². The van der Waals surface area contributed by atoms with E-state index >= 15 is 0 Å². The quantitative estimate of drug-likeness (QED) is 0.778. The van der Waals surface area contributed by atoms with Gasteiger partial charge in [0.25, 0.3) is 0 Å². The van der Waals surface area contributed by atoms with Gasteiger partial charge in [-0.3, -0.25) is 0 Å². The second kappa shape index (κ2) is 6.26. The van der Waals surface area contributed by atoms with Gasteiger partial charge in [0.1, 0.15) is 11.6 Å². The molecule has 0 aliphatic carbocycles. The highest BCUT2D eigenvalue weighted by Gasteiger charge is 2.22. The molecule has 1 atom stereocenters. The molecule has 0 aromatic carbocycles. The lowest BCUT2D eigenvalue weighted by Crippen LogP contribution is -2.15. The predicted molar refractivity (Wildman–Crippen MR) is 76.8 cm³/mol. The molecule has 0 saturated heterocycles. The van der Waals surface area contributed by atoms with Gasteiger partial charge in [0.2, 0.25) is 0 Å². The summed E-state index contributed by atoms with van der Waals surface area (Å²) in [5, 5.41) is 0. The molecule has 1 unspecified atom stereocenters. The van der Waals surface area contributed by atoms with Crippen LogP contribution in [0.2, 0.25) is 0 Å². The van der Waals surface area contributed by atoms with Crippen LogP contribution >= 0.6 is 0 Å². The summed E-state index contributed by atoms with van der Waals surface area (Å²) in [7, 11) is 0. The first-order valence-electron chi connectivity index (χ1n) is 7.58. The molecule has 1 aliphatic rings. The molecule has 0 spiro atoms. The standard InChI is InChI=1S/C15H27N3/c1-3-4-5-6-7-10-13-14(16)18-11-8-9-12(2)15(18)17-13/h12H,3-11,16H2,1-2H3. The van der Waals surface area contributed by atoms with Crippen LogP contribution in [-0.2, 0) is 13.0 Å². The molecular weight excluding hydrogens is 222 g/mol. The zero-order valence-electron chi connectivity index (χ0n) is 11.9. The Balaban J connectivity index is 1.93. The van der Waals surface area contributed by atoms with Crippen LogP contribution < -0.4 is 5.73 Å². The predicted octanol–water partition coefficient (Wildman–Crippen LogP) is 3.88. The third-order valence-corrected chi connectivity index (χ3v) is 4.09. The maximum Gasteiger partial charge on any atom is 0.126 e. The van der Waals surface area contributed by atoms with E-state index in [1.165, 1.54) is 50.8 Å². The van der Waals surface area contributed by atoms with Gasteiger partial charge in [0.05, 0.1) is 5.69 Å². The number of nitrogens with zero attached hydrogens (tertiary/aromatic N) is 2. The molecule has 2 rings (SSSR count). The molecule has 0 fully saturated rings. The third kappa shape index (κ3) is 2.88. The van der Waals surface area contributed by atoms with E-state index in [-0.39, 0.29) is 0 Å². The molecule has 1 aromatic heterocycles. The van der Waals surface area contributed by atoms with E-state index in [1.807, 2.05) is 0 Å². The minimum atomic E-state index is 0.579. The van der Waals surface area contributed by atoms with Gasteiger partial charge in [-0.25, -0.2) is 4.98 Å². The monoisotopic (exact) mass is 249 g/mol. The van der Waals surface area contributed by atoms with Crippen molar-refractivity contribution in [3.8, 4) is 0 Å². The Hall–Kier alpha value is -0.990. The summed E-state index contributed by atoms with van der Waals surface area (Å²) in [5.41, 5.74) is 7.38. The van der Waals surface area contributed by atoms with Crippen LogP contribution in [0.3, 0.4) is 0 Å². The molecule has 0 saturated carbocycles. The van der Waals surface area contributed by atoms with Crippen molar-refractivity contribution in [1.82, 2.24) is 9.55 Å². The minimum absolute atomic E-state index is 0.579. The molecule has 1 aromatic rings. The number of nitrogens with two attached hydrogens (primary N) is 1. The van der Waals surface area contributed by atoms with Gasteiger partial charge in [0, 0.05) is 12.5 Å². The summed E-state index contributed by atoms with van der Waals surface area (Å²) in [6.07, 6.45) is 10.1. The van der Waals surface area contributed by atoms with E-state index in [4.69, 9.17) is 10.7 Å². The zero-order chi connectivity index (χ0) is 13.0. The number of fused-ring (bicyclic) bond motifs is 1. The van der Waals surface area contributed by atoms with Gasteiger partial charge in [-0.15, -0.1) is 0 Å². The highest BCUT2D eigenvalue weighted by atomic mass is 15.2. The number of anilines is 1. The molecule has 2 heterocycles. The van der Waals surface area contributed by atoms with E-state index in [0.717, 1.165) is 24.5 Å². The van der Waals surface area contributed by atoms with E-state index in [2.05, 4.69) is 18.4 Å². The number of hydrogen-bond donors (Lipinski definition) is 1. The van der Waals surface area contributed by atoms with Gasteiger partial charge >= 0.3 is 0 Å². The molecule has 18 heavy (non-hydrogen) atoms. The smallest absolute Gasteiger partial charge is 0.126 e. The number of aryl methyl sites for hydroxylation is 1. The van der Waals surface area contributed by atoms with Crippen molar-refractivity contribution in [2.45, 2.75) is 77.7 Å². The number of imidazole rings is 1. The summed E-state index contributed by atoms with van der Waals surface area (Å²) >= 11 is 0. The lowest BCUT2D eigenvalue weighted by molar-refractivity contribution is 0.467. The van der Waals surface area contributed by atoms with Crippen LogP contribution in [0.1, 0.15) is 76.2 Å². The highest BCUT2D eigenvalue weighted by Crippen LogP contribution is 2.30. The molecule has 0 bridgehead atoms. The largest absolute Gasteiger partial charge is 0.384 e. The third-order valence-electron chi connectivity index (χ3n) is 4.09. The molecule has 1 aliphatic heterocycles. The maximum atomic E-state index is 6.23. The molecule has 0 radical (unpaired) electrons. The van der Waals surface area contributed by atoms with Crippen molar-refractivity contribution in [2.75, 3.05) is 5.73 Å². The minimum Gasteiger partial charge on any atom is -0.384 e. The Morgan fingerprint density at radius 1 is 1.28 bits per heavy atom. The highest BCUT2D eigenvalue weighted by molar-refractivity contribution is 5.39. The van der Waals surface area contributed by atoms with Gasteiger partial charge in [-0.1, -0.05) is 39.5 Å². The number of aromatic nitrogens is 2. The van der Waals surface area contributed by atoms with Crippen LogP contribution in [0.5, 0.6) is 0 Å². The van der Waals surface area contributed by atoms with E-state index in [0.29, 0.717) is 5.92 Å². The SMILES string of the molecule is CCCCCCCc1nc2n(c1N)CCCC2C. The molecular formula is C15H27N3. The van der Waals surface area contributed by atoms with Crippen LogP contribution in [-0.4, -0.2) is 9.55 Å². The van der Waals surface area contributed by atoms with Crippen molar-refractivity contribution in [3.05, 3.63) is 11.5 Å². The Labute approximate surface area is 111 Å². The zero-order valence-corrected chi connectivity index (χ0v) is 11.9. The van der Waals surface area contributed by atoms with Crippen molar-refractivity contribution >= 4 is 5.82 Å². The first-order valence-corrected chi connectivity index (χ1v) is 7.58. The van der Waals surface area contributed by atoms with Gasteiger partial charge < -0.3 is 10.3 Å². The van der Waals surface area contributed by atoms with E-state index < -0.39 is 0 Å². The fourth-order valence-corrected chi connectivity index (χ4v) is 2.91. The number of rotatable bonds is 6. The number of unbranched alkanes of at least 4 members (excludes halogenated alkanes) is 4. The fourth-order valence-electron chi connectivity index (χ4n) is 2.91. The molecule has 3 nitrogen and oxygen atoms in total. The molecule has 102 valence electrons. The van der Waals surface area contributed by atoms with Crippen LogP contribution in [0.15, 0.2) is 0 Å². The lowest BCUT2D eigenvalue weighted by Gasteiger charge is -2.20. The van der Waals surface area contributed by atoms with Crippen LogP contribution in [0, 0.1) is 0 Å². The van der Waals surface area contributed by atoms with E-state index in [9.17, 15) is 0 Å². The van der Waals surface area contributed by atoms with Gasteiger partial charge in [-0.2, -0.15) is 0 Å². The molecule has 2 N–H and O–H groups in total. The maximum absolute atomic E-state index is 6.23. The Kier molecular flexibility index (Phi) is 4.67. The fraction of sp³-hybridized carbons (Fsp3) is 0.800. The van der Waals surface area contributed by atoms with Crippen molar-refractivity contribution in [1.29, 1.82) is 0 Å². The summed E-state index contributed by atoms with van der Waals surface area (Å²) in [6.45, 7) is 5.58. The first kappa shape index (κ1) is 13.4. The lowest BCUT2D eigenvalue weighted by atomic mass is 10.0. The van der Waals surface area contributed by atoms with Crippen molar-refractivity contribution < 1.29 is 0 Å². The molecule has 0 amide bonds. The van der Waals surface area contributed by atoms with Gasteiger partial charge in [-0.05, 0) is 25.7 Å². The second-order valence-electron chi connectivity index (χ2n) is 5.66. The Morgan fingerprint density at radius 3 is 2.78 bits per heavy atom. The van der Waals surface area contributed by atoms with Crippen LogP contribution in [0.4, 0.5) is 5.82 Å². The summed E-state index contributed by atoms with van der Waals surface area (Å²) < 4.78 is 2.25. The van der Waals surface area contributed by atoms with Crippen LogP contribution in [0.25, 0.3) is 0 Å². The average Bonchev–Trinajstić information content (AvgIpc) is 2.69. The summed E-state index contributed by atoms with van der Waals surface area (Å²) in [6, 6.07) is 0. The van der Waals surface area contributed by atoms with Crippen molar-refractivity contribution in [3.63, 3.8) is 0 Å². The molecule has 3 heteroatoms. The van der Waals surface area contributed by atoms with Crippen molar-refractivity contribution in [2.24, 2.45) is 0 Å². The summed E-state index contributed by atoms with van der Waals surface area (Å²) in [4.78, 5) is 4.79. The van der Waals surface area contributed by atoms with Gasteiger partial charge in [0.15, 0.2) is 0 Å². The number of nitrogen functional groups attached to an aromatic ring is 1. The Bertz CT molecular complexity index is 381. The number of hydrogen-bond acceptors (Lipinski definition) is 2. The summed E-state index contributed by atoms with van der Waals surface area (Å²) in [5.74, 6) is 2.74. The Morgan fingerprint density at radius 2 is 2.06 bits per heavy atom. The topological polar surface area (TPSA) is 43.8 Å².